The summed E-state index contributed by atoms with van der Waals surface area (Å²) >= 11 is 0. The summed E-state index contributed by atoms with van der Waals surface area (Å²) in [7, 11) is -0.568. The fourth-order valence-electron chi connectivity index (χ4n) is 2.79. The van der Waals surface area contributed by atoms with E-state index in [2.05, 4.69) is 12.2 Å². The summed E-state index contributed by atoms with van der Waals surface area (Å²) in [4.78, 5) is 12.5. The second-order valence-corrected chi connectivity index (χ2v) is 8.31. The van der Waals surface area contributed by atoms with Crippen LogP contribution in [0.15, 0.2) is 29.2 Å². The Labute approximate surface area is 132 Å². The smallest absolute Gasteiger partial charge is 0.251 e. The highest BCUT2D eigenvalue weighted by molar-refractivity contribution is 7.89. The van der Waals surface area contributed by atoms with Crippen molar-refractivity contribution < 1.29 is 13.2 Å². The molecule has 1 fully saturated rings. The quantitative estimate of drug-likeness (QED) is 0.924. The predicted molar refractivity (Wildman–Crippen MR) is 86.2 cm³/mol. The molecule has 1 N–H and O–H groups in total. The van der Waals surface area contributed by atoms with Gasteiger partial charge in [0.25, 0.3) is 5.91 Å². The van der Waals surface area contributed by atoms with Gasteiger partial charge in [0.15, 0.2) is 0 Å². The average Bonchev–Trinajstić information content (AvgIpc) is 2.49. The van der Waals surface area contributed by atoms with Crippen molar-refractivity contribution in [1.29, 1.82) is 0 Å². The van der Waals surface area contributed by atoms with Gasteiger partial charge in [-0.05, 0) is 37.0 Å². The lowest BCUT2D eigenvalue weighted by atomic mass is 9.86. The van der Waals surface area contributed by atoms with Gasteiger partial charge in [0.05, 0.1) is 4.90 Å². The second kappa shape index (κ2) is 6.79. The molecule has 22 heavy (non-hydrogen) atoms. The highest BCUT2D eigenvalue weighted by Gasteiger charge is 2.24. The first-order chi connectivity index (χ1) is 10.3. The van der Waals surface area contributed by atoms with Gasteiger partial charge in [-0.3, -0.25) is 4.79 Å². The van der Waals surface area contributed by atoms with E-state index in [0.717, 1.165) is 23.6 Å². The van der Waals surface area contributed by atoms with E-state index < -0.39 is 10.0 Å². The lowest BCUT2D eigenvalue weighted by molar-refractivity contribution is 0.0910. The molecule has 0 aromatic heterocycles. The van der Waals surface area contributed by atoms with E-state index in [-0.39, 0.29) is 16.8 Å². The summed E-state index contributed by atoms with van der Waals surface area (Å²) in [5, 5.41) is 3.05. The normalized spacial score (nSPS) is 22.5. The molecule has 0 spiro atoms. The number of carbonyl (C=O) groups excluding carboxylic acids is 1. The number of benzene rings is 1. The van der Waals surface area contributed by atoms with Gasteiger partial charge in [-0.2, -0.15) is 0 Å². The van der Waals surface area contributed by atoms with Crippen molar-refractivity contribution in [1.82, 2.24) is 9.62 Å². The van der Waals surface area contributed by atoms with Crippen LogP contribution in [0.5, 0.6) is 0 Å². The maximum atomic E-state index is 12.4. The standard InChI is InChI=1S/C16H24N2O3S/c1-12-7-4-5-10-15(12)17-16(19)13-8-6-9-14(11-13)22(20,21)18(2)3/h6,8-9,11-12,15H,4-5,7,10H2,1-3H3,(H,17,19)/t12-,15-/m1/s1. The molecule has 0 saturated heterocycles. The van der Waals surface area contributed by atoms with Gasteiger partial charge in [0, 0.05) is 25.7 Å². The van der Waals surface area contributed by atoms with Crippen molar-refractivity contribution in [3.63, 3.8) is 0 Å². The third-order valence-electron chi connectivity index (χ3n) is 4.30. The van der Waals surface area contributed by atoms with Gasteiger partial charge in [0.2, 0.25) is 10.0 Å². The summed E-state index contributed by atoms with van der Waals surface area (Å²) in [5.41, 5.74) is 0.390. The van der Waals surface area contributed by atoms with Crippen LogP contribution < -0.4 is 5.32 Å². The van der Waals surface area contributed by atoms with E-state index in [1.54, 1.807) is 12.1 Å². The summed E-state index contributed by atoms with van der Waals surface area (Å²) in [6, 6.07) is 6.39. The molecule has 122 valence electrons. The lowest BCUT2D eigenvalue weighted by Gasteiger charge is -2.29. The van der Waals surface area contributed by atoms with Crippen LogP contribution in [0.1, 0.15) is 43.0 Å². The number of sulfonamides is 1. The van der Waals surface area contributed by atoms with Crippen LogP contribution in [0, 0.1) is 5.92 Å². The van der Waals surface area contributed by atoms with Crippen molar-refractivity contribution >= 4 is 15.9 Å². The zero-order chi connectivity index (χ0) is 16.3. The number of hydrogen-bond acceptors (Lipinski definition) is 3. The number of carbonyl (C=O) groups is 1. The fraction of sp³-hybridized carbons (Fsp3) is 0.562. The zero-order valence-corrected chi connectivity index (χ0v) is 14.2. The molecular weight excluding hydrogens is 300 g/mol. The van der Waals surface area contributed by atoms with Crippen molar-refractivity contribution in [3.8, 4) is 0 Å². The number of nitrogens with one attached hydrogen (secondary N) is 1. The highest BCUT2D eigenvalue weighted by Crippen LogP contribution is 2.24. The van der Waals surface area contributed by atoms with Crippen molar-refractivity contribution in [2.45, 2.75) is 43.5 Å². The van der Waals surface area contributed by atoms with Crippen LogP contribution in [-0.4, -0.2) is 38.8 Å². The Hall–Kier alpha value is -1.40. The van der Waals surface area contributed by atoms with Gasteiger partial charge < -0.3 is 5.32 Å². The predicted octanol–water partition coefficient (Wildman–Crippen LogP) is 2.25. The van der Waals surface area contributed by atoms with E-state index in [1.165, 1.54) is 32.6 Å². The van der Waals surface area contributed by atoms with E-state index in [4.69, 9.17) is 0 Å². The van der Waals surface area contributed by atoms with Crippen molar-refractivity contribution in [2.24, 2.45) is 5.92 Å². The van der Waals surface area contributed by atoms with Gasteiger partial charge in [-0.25, -0.2) is 12.7 Å². The van der Waals surface area contributed by atoms with Crippen molar-refractivity contribution in [3.05, 3.63) is 29.8 Å². The molecular formula is C16H24N2O3S. The van der Waals surface area contributed by atoms with Crippen LogP contribution in [0.3, 0.4) is 0 Å². The molecule has 2 rings (SSSR count). The molecule has 0 unspecified atom stereocenters. The van der Waals surface area contributed by atoms with Crippen LogP contribution in [0.25, 0.3) is 0 Å². The first-order valence-corrected chi connectivity index (χ1v) is 9.10. The molecule has 1 aromatic rings. The first kappa shape index (κ1) is 17.0. The van der Waals surface area contributed by atoms with E-state index in [1.807, 2.05) is 0 Å². The van der Waals surface area contributed by atoms with Crippen LogP contribution in [0.2, 0.25) is 0 Å². The first-order valence-electron chi connectivity index (χ1n) is 7.66. The molecule has 1 aliphatic carbocycles. The second-order valence-electron chi connectivity index (χ2n) is 6.16. The number of hydrogen-bond donors (Lipinski definition) is 1. The molecule has 6 heteroatoms. The molecule has 0 bridgehead atoms. The van der Waals surface area contributed by atoms with E-state index >= 15 is 0 Å². The molecule has 1 aromatic carbocycles. The maximum absolute atomic E-state index is 12.4. The van der Waals surface area contributed by atoms with Gasteiger partial charge in [-0.1, -0.05) is 25.8 Å². The zero-order valence-electron chi connectivity index (χ0n) is 13.4. The average molecular weight is 324 g/mol. The van der Waals surface area contributed by atoms with E-state index in [0.29, 0.717) is 11.5 Å². The molecule has 0 heterocycles. The third-order valence-corrected chi connectivity index (χ3v) is 6.11. The summed E-state index contributed by atoms with van der Waals surface area (Å²) in [6.07, 6.45) is 4.46. The topological polar surface area (TPSA) is 66.5 Å². The highest BCUT2D eigenvalue weighted by atomic mass is 32.2. The molecule has 1 aliphatic rings. The van der Waals surface area contributed by atoms with E-state index in [9.17, 15) is 13.2 Å². The Balaban J connectivity index is 2.17. The fourth-order valence-corrected chi connectivity index (χ4v) is 3.74. The summed E-state index contributed by atoms with van der Waals surface area (Å²) < 4.78 is 25.4. The number of amides is 1. The minimum absolute atomic E-state index is 0.141. The lowest BCUT2D eigenvalue weighted by Crippen LogP contribution is -2.41. The third kappa shape index (κ3) is 3.67. The molecule has 1 amide bonds. The largest absolute Gasteiger partial charge is 0.349 e. The van der Waals surface area contributed by atoms with Crippen LogP contribution in [-0.2, 0) is 10.0 Å². The number of nitrogens with zero attached hydrogens (tertiary/aromatic N) is 1. The van der Waals surface area contributed by atoms with Gasteiger partial charge in [0.1, 0.15) is 0 Å². The van der Waals surface area contributed by atoms with Crippen molar-refractivity contribution in [2.75, 3.05) is 14.1 Å². The van der Waals surface area contributed by atoms with Gasteiger partial charge >= 0.3 is 0 Å². The number of rotatable bonds is 4. The molecule has 5 nitrogen and oxygen atoms in total. The Bertz CT molecular complexity index is 641. The summed E-state index contributed by atoms with van der Waals surface area (Å²) in [6.45, 7) is 2.15. The Morgan fingerprint density at radius 1 is 1.23 bits per heavy atom. The molecule has 1 saturated carbocycles. The summed E-state index contributed by atoms with van der Waals surface area (Å²) in [5.74, 6) is 0.265. The Morgan fingerprint density at radius 2 is 1.91 bits per heavy atom. The van der Waals surface area contributed by atoms with Crippen LogP contribution >= 0.6 is 0 Å². The SMILES string of the molecule is C[C@@H]1CCCC[C@H]1NC(=O)c1cccc(S(=O)(=O)N(C)C)c1. The Morgan fingerprint density at radius 3 is 2.55 bits per heavy atom. The Kier molecular flexibility index (Phi) is 5.24. The van der Waals surface area contributed by atoms with Crippen LogP contribution in [0.4, 0.5) is 0 Å². The minimum Gasteiger partial charge on any atom is -0.349 e. The van der Waals surface area contributed by atoms with Gasteiger partial charge in [-0.15, -0.1) is 0 Å². The molecule has 0 aliphatic heterocycles. The molecule has 0 radical (unpaired) electrons. The molecule has 2 atom stereocenters. The minimum atomic E-state index is -3.52. The maximum Gasteiger partial charge on any atom is 0.251 e. The monoisotopic (exact) mass is 324 g/mol.